The van der Waals surface area contributed by atoms with Crippen molar-refractivity contribution in [2.75, 3.05) is 0 Å². The van der Waals surface area contributed by atoms with E-state index in [4.69, 9.17) is 4.42 Å². The molecule has 0 bridgehead atoms. The van der Waals surface area contributed by atoms with E-state index < -0.39 is 11.4 Å². The predicted molar refractivity (Wildman–Crippen MR) is 90.1 cm³/mol. The van der Waals surface area contributed by atoms with Crippen LogP contribution in [0.3, 0.4) is 0 Å². The van der Waals surface area contributed by atoms with E-state index in [9.17, 15) is 9.90 Å². The molecule has 23 heavy (non-hydrogen) atoms. The van der Waals surface area contributed by atoms with Crippen LogP contribution in [0.5, 0.6) is 0 Å². The minimum atomic E-state index is -0.625. The summed E-state index contributed by atoms with van der Waals surface area (Å²) in [7, 11) is 0. The molecule has 1 N–H and O–H groups in total. The van der Waals surface area contributed by atoms with Gasteiger partial charge in [0, 0.05) is 0 Å². The molecule has 1 heterocycles. The van der Waals surface area contributed by atoms with Gasteiger partial charge in [0.05, 0.1) is 17.9 Å². The van der Waals surface area contributed by atoms with Crippen molar-refractivity contribution in [2.24, 2.45) is 22.7 Å². The van der Waals surface area contributed by atoms with Gasteiger partial charge in [0.1, 0.15) is 0 Å². The number of fused-ring (bicyclic) bond motifs is 1. The van der Waals surface area contributed by atoms with Crippen LogP contribution in [0.15, 0.2) is 34.7 Å². The van der Waals surface area contributed by atoms with Crippen molar-refractivity contribution >= 4 is 5.97 Å². The van der Waals surface area contributed by atoms with E-state index in [1.165, 1.54) is 5.57 Å². The van der Waals surface area contributed by atoms with E-state index in [2.05, 4.69) is 26.8 Å². The summed E-state index contributed by atoms with van der Waals surface area (Å²) in [5.41, 5.74) is 1.92. The van der Waals surface area contributed by atoms with E-state index >= 15 is 0 Å². The van der Waals surface area contributed by atoms with Gasteiger partial charge in [0.2, 0.25) is 0 Å². The predicted octanol–water partition coefficient (Wildman–Crippen LogP) is 5.08. The molecule has 0 aliphatic heterocycles. The second-order valence-electron chi connectivity index (χ2n) is 7.85. The number of carboxylic acids is 1. The Morgan fingerprint density at radius 3 is 2.87 bits per heavy atom. The average Bonchev–Trinajstić information content (AvgIpc) is 3.02. The zero-order valence-electron chi connectivity index (χ0n) is 14.5. The summed E-state index contributed by atoms with van der Waals surface area (Å²) in [5.74, 6) is -0.150. The lowest BCUT2D eigenvalue weighted by atomic mass is 9.46. The Kier molecular flexibility index (Phi) is 4.16. The van der Waals surface area contributed by atoms with E-state index in [0.29, 0.717) is 6.42 Å². The number of rotatable bonds is 4. The van der Waals surface area contributed by atoms with Crippen LogP contribution in [0.2, 0.25) is 0 Å². The molecule has 2 aliphatic rings. The molecule has 0 saturated heterocycles. The molecule has 1 aromatic heterocycles. The van der Waals surface area contributed by atoms with Crippen LogP contribution in [-0.4, -0.2) is 11.1 Å². The molecule has 1 aromatic rings. The summed E-state index contributed by atoms with van der Waals surface area (Å²) in [6.45, 7) is 6.64. The van der Waals surface area contributed by atoms with Gasteiger partial charge in [0.15, 0.2) is 0 Å². The van der Waals surface area contributed by atoms with Crippen LogP contribution < -0.4 is 0 Å². The molecule has 3 heteroatoms. The number of hydrogen-bond acceptors (Lipinski definition) is 2. The first-order valence-corrected chi connectivity index (χ1v) is 8.83. The summed E-state index contributed by atoms with van der Waals surface area (Å²) in [4.78, 5) is 12.5. The smallest absolute Gasteiger partial charge is 0.310 e. The Hall–Kier alpha value is -1.51. The third kappa shape index (κ3) is 2.45. The maximum Gasteiger partial charge on any atom is 0.310 e. The van der Waals surface area contributed by atoms with Gasteiger partial charge in [-0.2, -0.15) is 0 Å². The molecule has 0 radical (unpaired) electrons. The minimum absolute atomic E-state index is 0.0412. The number of aliphatic carboxylic acids is 1. The maximum absolute atomic E-state index is 12.5. The van der Waals surface area contributed by atoms with Crippen LogP contribution in [0, 0.1) is 22.7 Å². The Bertz CT molecular complexity index is 600. The van der Waals surface area contributed by atoms with E-state index in [1.54, 1.807) is 12.5 Å². The number of furan rings is 1. The molecule has 0 amide bonds. The monoisotopic (exact) mass is 316 g/mol. The normalized spacial score (nSPS) is 37.1. The van der Waals surface area contributed by atoms with Gasteiger partial charge in [-0.25, -0.2) is 0 Å². The highest BCUT2D eigenvalue weighted by Crippen LogP contribution is 2.62. The van der Waals surface area contributed by atoms with Gasteiger partial charge in [-0.15, -0.1) is 0 Å². The first-order valence-electron chi connectivity index (χ1n) is 8.83. The van der Waals surface area contributed by atoms with Crippen LogP contribution in [-0.2, 0) is 11.2 Å². The highest BCUT2D eigenvalue weighted by atomic mass is 16.4. The second-order valence-corrected chi connectivity index (χ2v) is 7.85. The zero-order chi connectivity index (χ0) is 16.7. The van der Waals surface area contributed by atoms with Crippen molar-refractivity contribution < 1.29 is 14.3 Å². The lowest BCUT2D eigenvalue weighted by molar-refractivity contribution is -0.169. The Balaban J connectivity index is 1.98. The van der Waals surface area contributed by atoms with Gasteiger partial charge in [-0.05, 0) is 74.3 Å². The van der Waals surface area contributed by atoms with Crippen molar-refractivity contribution in [1.82, 2.24) is 0 Å². The number of carboxylic acid groups (broad SMARTS) is 1. The average molecular weight is 316 g/mol. The topological polar surface area (TPSA) is 50.4 Å². The fourth-order valence-electron chi connectivity index (χ4n) is 5.28. The lowest BCUT2D eigenvalue weighted by Gasteiger charge is -2.57. The van der Waals surface area contributed by atoms with Crippen molar-refractivity contribution in [3.63, 3.8) is 0 Å². The summed E-state index contributed by atoms with van der Waals surface area (Å²) in [5, 5.41) is 10.3. The number of hydrogen-bond donors (Lipinski definition) is 1. The zero-order valence-corrected chi connectivity index (χ0v) is 14.5. The third-order valence-corrected chi connectivity index (χ3v) is 6.98. The Morgan fingerprint density at radius 2 is 2.22 bits per heavy atom. The Labute approximate surface area is 138 Å². The first-order chi connectivity index (χ1) is 10.9. The summed E-state index contributed by atoms with van der Waals surface area (Å²) in [6, 6.07) is 1.95. The van der Waals surface area contributed by atoms with Crippen LogP contribution in [0.25, 0.3) is 0 Å². The number of aryl methyl sites for hydroxylation is 1. The summed E-state index contributed by atoms with van der Waals surface area (Å²) in [6.07, 6.45) is 11.3. The van der Waals surface area contributed by atoms with Crippen LogP contribution in [0.4, 0.5) is 0 Å². The minimum Gasteiger partial charge on any atom is -0.481 e. The van der Waals surface area contributed by atoms with Crippen molar-refractivity contribution in [1.29, 1.82) is 0 Å². The standard InChI is InChI=1S/C20H28O3/c1-14-5-4-6-17-19(14,3)10-7-15(2)20(17,18(21)22)11-8-16-9-12-23-13-16/h5,9,12-13,15,17H,4,6-8,10-11H2,1-3H3,(H,21,22)/t15-,17+,19+,20-/m0/s1. The van der Waals surface area contributed by atoms with Crippen molar-refractivity contribution in [3.05, 3.63) is 35.8 Å². The van der Waals surface area contributed by atoms with E-state index in [0.717, 1.165) is 37.7 Å². The van der Waals surface area contributed by atoms with Gasteiger partial charge in [0.25, 0.3) is 0 Å². The van der Waals surface area contributed by atoms with Gasteiger partial charge < -0.3 is 9.52 Å². The van der Waals surface area contributed by atoms with Crippen LogP contribution >= 0.6 is 0 Å². The molecule has 1 fully saturated rings. The molecule has 0 spiro atoms. The molecule has 4 atom stereocenters. The summed E-state index contributed by atoms with van der Waals surface area (Å²) >= 11 is 0. The quantitative estimate of drug-likeness (QED) is 0.788. The molecule has 0 aromatic carbocycles. The molecule has 126 valence electrons. The molecule has 0 unspecified atom stereocenters. The van der Waals surface area contributed by atoms with Gasteiger partial charge in [-0.1, -0.05) is 25.5 Å². The van der Waals surface area contributed by atoms with E-state index in [-0.39, 0.29) is 17.3 Å². The van der Waals surface area contributed by atoms with Gasteiger partial charge >= 0.3 is 5.97 Å². The van der Waals surface area contributed by atoms with Crippen molar-refractivity contribution in [3.8, 4) is 0 Å². The highest BCUT2D eigenvalue weighted by molar-refractivity contribution is 5.76. The number of carbonyl (C=O) groups is 1. The Morgan fingerprint density at radius 1 is 1.43 bits per heavy atom. The fourth-order valence-corrected chi connectivity index (χ4v) is 5.28. The number of allylic oxidation sites excluding steroid dienone is 2. The molecule has 3 nitrogen and oxygen atoms in total. The first kappa shape index (κ1) is 16.4. The largest absolute Gasteiger partial charge is 0.481 e. The summed E-state index contributed by atoms with van der Waals surface area (Å²) < 4.78 is 5.16. The molecule has 3 rings (SSSR count). The molecule has 2 aliphatic carbocycles. The highest BCUT2D eigenvalue weighted by Gasteiger charge is 2.59. The fraction of sp³-hybridized carbons (Fsp3) is 0.650. The second kappa shape index (κ2) is 5.85. The van der Waals surface area contributed by atoms with Crippen LogP contribution in [0.1, 0.15) is 58.4 Å². The molecular formula is C20H28O3. The van der Waals surface area contributed by atoms with Gasteiger partial charge in [-0.3, -0.25) is 4.79 Å². The lowest BCUT2D eigenvalue weighted by Crippen LogP contribution is -2.55. The SMILES string of the molecule is CC1=CCC[C@H]2[C@@](CCc3ccoc3)(C(=O)O)[C@@H](C)CC[C@]12C. The third-order valence-electron chi connectivity index (χ3n) is 6.98. The molecule has 1 saturated carbocycles. The maximum atomic E-state index is 12.5. The van der Waals surface area contributed by atoms with E-state index in [1.807, 2.05) is 6.07 Å². The van der Waals surface area contributed by atoms with Crippen molar-refractivity contribution in [2.45, 2.75) is 59.3 Å². The molecular weight excluding hydrogens is 288 g/mol.